The lowest BCUT2D eigenvalue weighted by atomic mass is 9.73. The van der Waals surface area contributed by atoms with Crippen molar-refractivity contribution in [1.29, 1.82) is 0 Å². The van der Waals surface area contributed by atoms with Crippen LogP contribution >= 0.6 is 9.39 Å². The Bertz CT molecular complexity index is 380. The first-order valence-corrected chi connectivity index (χ1v) is 7.41. The van der Waals surface area contributed by atoms with Crippen molar-refractivity contribution < 1.29 is 9.31 Å². The lowest BCUT2D eigenvalue weighted by Crippen LogP contribution is -2.41. The van der Waals surface area contributed by atoms with E-state index in [1.165, 1.54) is 18.3 Å². The molecule has 0 aromatic heterocycles. The van der Waals surface area contributed by atoms with Crippen molar-refractivity contribution in [2.24, 2.45) is 0 Å². The summed E-state index contributed by atoms with van der Waals surface area (Å²) in [7, 11) is 2.73. The second-order valence-corrected chi connectivity index (χ2v) is 7.38. The Hall–Kier alpha value is 0.115. The number of rotatable bonds is 1. The van der Waals surface area contributed by atoms with Crippen LogP contribution in [0.5, 0.6) is 0 Å². The van der Waals surface area contributed by atoms with E-state index in [1.54, 1.807) is 0 Å². The highest BCUT2D eigenvalue weighted by Gasteiger charge is 2.53. The maximum absolute atomic E-state index is 6.15. The maximum Gasteiger partial charge on any atom is 0.490 e. The standard InChI is InChI=1S/C13H23BNO2P/c1-12(2)13(3,4)17-14(16-12)9-7-10-5-6-11(8-9)15(10)18/h7,10-11H,5-6,8,18H2,1-4H3. The van der Waals surface area contributed by atoms with E-state index in [0.29, 0.717) is 12.1 Å². The molecule has 3 unspecified atom stereocenters. The van der Waals surface area contributed by atoms with Gasteiger partial charge in [-0.25, -0.2) is 0 Å². The molecule has 5 heteroatoms. The van der Waals surface area contributed by atoms with Gasteiger partial charge in [0.1, 0.15) is 0 Å². The molecule has 0 N–H and O–H groups in total. The fourth-order valence-corrected chi connectivity index (χ4v) is 3.56. The molecule has 3 atom stereocenters. The van der Waals surface area contributed by atoms with Gasteiger partial charge in [0, 0.05) is 12.1 Å². The molecule has 0 aromatic rings. The molecule has 2 saturated heterocycles. The molecule has 3 aliphatic rings. The van der Waals surface area contributed by atoms with Crippen molar-refractivity contribution in [2.75, 3.05) is 0 Å². The monoisotopic (exact) mass is 267 g/mol. The third-order valence-electron chi connectivity index (χ3n) is 5.03. The Morgan fingerprint density at radius 3 is 2.39 bits per heavy atom. The van der Waals surface area contributed by atoms with E-state index in [-0.39, 0.29) is 18.3 Å². The molecule has 3 aliphatic heterocycles. The number of fused-ring (bicyclic) bond motifs is 2. The molecule has 0 aliphatic carbocycles. The largest absolute Gasteiger partial charge is 0.490 e. The fraction of sp³-hybridized carbons (Fsp3) is 0.846. The molecule has 2 bridgehead atoms. The smallest absolute Gasteiger partial charge is 0.400 e. The second-order valence-electron chi connectivity index (χ2n) is 6.78. The number of hydrogen-bond donors (Lipinski definition) is 0. The van der Waals surface area contributed by atoms with Crippen molar-refractivity contribution in [2.45, 2.75) is 70.2 Å². The summed E-state index contributed by atoms with van der Waals surface area (Å²) in [4.78, 5) is 0. The summed E-state index contributed by atoms with van der Waals surface area (Å²) >= 11 is 0. The number of hydrogen-bond acceptors (Lipinski definition) is 3. The van der Waals surface area contributed by atoms with E-state index >= 15 is 0 Å². The van der Waals surface area contributed by atoms with Crippen LogP contribution < -0.4 is 0 Å². The van der Waals surface area contributed by atoms with Crippen LogP contribution in [0.2, 0.25) is 0 Å². The van der Waals surface area contributed by atoms with E-state index in [1.807, 2.05) is 0 Å². The number of nitrogens with zero attached hydrogens (tertiary/aromatic N) is 1. The van der Waals surface area contributed by atoms with Crippen LogP contribution in [0.3, 0.4) is 0 Å². The van der Waals surface area contributed by atoms with E-state index in [2.05, 4.69) is 47.8 Å². The third kappa shape index (κ3) is 1.89. The minimum Gasteiger partial charge on any atom is -0.400 e. The van der Waals surface area contributed by atoms with Crippen LogP contribution in [0.4, 0.5) is 0 Å². The summed E-state index contributed by atoms with van der Waals surface area (Å²) in [5, 5.41) is 0. The maximum atomic E-state index is 6.15. The highest BCUT2D eigenvalue weighted by Crippen LogP contribution is 2.43. The summed E-state index contributed by atoms with van der Waals surface area (Å²) in [6.45, 7) is 8.47. The quantitative estimate of drug-likeness (QED) is 0.538. The highest BCUT2D eigenvalue weighted by atomic mass is 31.0. The third-order valence-corrected chi connectivity index (χ3v) is 5.84. The van der Waals surface area contributed by atoms with Crippen LogP contribution in [-0.4, -0.2) is 35.1 Å². The summed E-state index contributed by atoms with van der Waals surface area (Å²) < 4.78 is 14.7. The molecule has 3 heterocycles. The van der Waals surface area contributed by atoms with Crippen molar-refractivity contribution in [3.63, 3.8) is 0 Å². The fourth-order valence-electron chi connectivity index (χ4n) is 3.07. The van der Waals surface area contributed by atoms with Gasteiger partial charge in [-0.2, -0.15) is 0 Å². The molecular weight excluding hydrogens is 244 g/mol. The van der Waals surface area contributed by atoms with Gasteiger partial charge in [0.2, 0.25) is 0 Å². The zero-order valence-electron chi connectivity index (χ0n) is 11.8. The van der Waals surface area contributed by atoms with Crippen molar-refractivity contribution >= 4 is 16.5 Å². The van der Waals surface area contributed by atoms with Gasteiger partial charge in [-0.05, 0) is 52.4 Å². The van der Waals surface area contributed by atoms with Crippen molar-refractivity contribution in [3.8, 4) is 0 Å². The molecule has 2 fully saturated rings. The Labute approximate surface area is 113 Å². The van der Waals surface area contributed by atoms with E-state index < -0.39 is 0 Å². The molecule has 18 heavy (non-hydrogen) atoms. The Morgan fingerprint density at radius 2 is 1.83 bits per heavy atom. The highest BCUT2D eigenvalue weighted by molar-refractivity contribution is 7.13. The Kier molecular flexibility index (Phi) is 2.95. The van der Waals surface area contributed by atoms with Crippen LogP contribution in [0.1, 0.15) is 47.0 Å². The van der Waals surface area contributed by atoms with Crippen molar-refractivity contribution in [1.82, 2.24) is 4.67 Å². The van der Waals surface area contributed by atoms with E-state index in [0.717, 1.165) is 6.42 Å². The van der Waals surface area contributed by atoms with E-state index in [4.69, 9.17) is 9.31 Å². The van der Waals surface area contributed by atoms with Crippen LogP contribution in [0.25, 0.3) is 0 Å². The molecular formula is C13H23BNO2P. The van der Waals surface area contributed by atoms with Gasteiger partial charge in [0.15, 0.2) is 0 Å². The Morgan fingerprint density at radius 1 is 1.22 bits per heavy atom. The minimum absolute atomic E-state index is 0.142. The molecule has 0 amide bonds. The molecule has 0 spiro atoms. The van der Waals surface area contributed by atoms with Gasteiger partial charge in [-0.15, -0.1) is 0 Å². The molecule has 3 rings (SSSR count). The Balaban J connectivity index is 1.80. The average Bonchev–Trinajstić information content (AvgIpc) is 2.59. The summed E-state index contributed by atoms with van der Waals surface area (Å²) in [6.07, 6.45) is 5.99. The SMILES string of the molecule is CC1(C)OB(C2=CC3CCC(C2)N3P)OC1(C)C. The van der Waals surface area contributed by atoms with Gasteiger partial charge >= 0.3 is 7.12 Å². The summed E-state index contributed by atoms with van der Waals surface area (Å²) in [6, 6.07) is 1.21. The molecule has 0 saturated carbocycles. The van der Waals surface area contributed by atoms with Gasteiger partial charge in [-0.3, -0.25) is 4.67 Å². The lowest BCUT2D eigenvalue weighted by molar-refractivity contribution is 0.00578. The summed E-state index contributed by atoms with van der Waals surface area (Å²) in [5.41, 5.74) is 0.894. The normalized spacial score (nSPS) is 38.1. The van der Waals surface area contributed by atoms with Gasteiger partial charge in [0.25, 0.3) is 0 Å². The molecule has 100 valence electrons. The van der Waals surface area contributed by atoms with Crippen molar-refractivity contribution in [3.05, 3.63) is 11.5 Å². The first-order valence-electron chi connectivity index (χ1n) is 6.89. The second kappa shape index (κ2) is 4.05. The zero-order valence-corrected chi connectivity index (χ0v) is 12.9. The predicted octanol–water partition coefficient (Wildman–Crippen LogP) is 2.57. The van der Waals surface area contributed by atoms with Crippen LogP contribution in [0.15, 0.2) is 11.5 Å². The zero-order chi connectivity index (χ0) is 13.1. The van der Waals surface area contributed by atoms with Gasteiger partial charge in [0.05, 0.1) is 11.2 Å². The first kappa shape index (κ1) is 13.1. The van der Waals surface area contributed by atoms with E-state index in [9.17, 15) is 0 Å². The molecule has 0 aromatic carbocycles. The first-order chi connectivity index (χ1) is 8.30. The molecule has 3 nitrogen and oxygen atoms in total. The van der Waals surface area contributed by atoms with Gasteiger partial charge in [-0.1, -0.05) is 15.5 Å². The predicted molar refractivity (Wildman–Crippen MR) is 77.1 cm³/mol. The van der Waals surface area contributed by atoms with Crippen LogP contribution in [0, 0.1) is 0 Å². The molecule has 0 radical (unpaired) electrons. The van der Waals surface area contributed by atoms with Crippen LogP contribution in [-0.2, 0) is 9.31 Å². The average molecular weight is 267 g/mol. The topological polar surface area (TPSA) is 21.7 Å². The van der Waals surface area contributed by atoms with Gasteiger partial charge < -0.3 is 9.31 Å². The summed E-state index contributed by atoms with van der Waals surface area (Å²) in [5.74, 6) is 0. The lowest BCUT2D eigenvalue weighted by Gasteiger charge is -2.32. The minimum atomic E-state index is -0.227.